The van der Waals surface area contributed by atoms with Crippen LogP contribution in [0, 0.1) is 0 Å². The van der Waals surface area contributed by atoms with Gasteiger partial charge >= 0.3 is 0 Å². The molecule has 1 saturated heterocycles. The molecule has 3 heterocycles. The van der Waals surface area contributed by atoms with Gasteiger partial charge in [-0.05, 0) is 13.0 Å². The maximum atomic E-state index is 5.77. The van der Waals surface area contributed by atoms with Gasteiger partial charge in [0.1, 0.15) is 0 Å². The molecule has 0 spiro atoms. The molecule has 4 nitrogen and oxygen atoms in total. The van der Waals surface area contributed by atoms with Gasteiger partial charge in [0, 0.05) is 42.1 Å². The highest BCUT2D eigenvalue weighted by Gasteiger charge is 2.24. The zero-order valence-electron chi connectivity index (χ0n) is 11.2. The van der Waals surface area contributed by atoms with Crippen molar-refractivity contribution in [1.29, 1.82) is 0 Å². The van der Waals surface area contributed by atoms with Gasteiger partial charge in [-0.2, -0.15) is 11.8 Å². The summed E-state index contributed by atoms with van der Waals surface area (Å²) in [4.78, 5) is 8.37. The second-order valence-corrected chi connectivity index (χ2v) is 7.10. The van der Waals surface area contributed by atoms with Crippen LogP contribution in [0.5, 0.6) is 0 Å². The van der Waals surface area contributed by atoms with Gasteiger partial charge < -0.3 is 10.6 Å². The van der Waals surface area contributed by atoms with Crippen molar-refractivity contribution in [2.45, 2.75) is 25.0 Å². The molecule has 0 amide bonds. The van der Waals surface area contributed by atoms with Crippen LogP contribution in [0.4, 0.5) is 5.82 Å². The van der Waals surface area contributed by atoms with Crippen molar-refractivity contribution >= 4 is 33.9 Å². The first-order chi connectivity index (χ1) is 9.33. The number of nitrogens with two attached hydrogens (primary N) is 1. The maximum Gasteiger partial charge on any atom is 0.195 e. The minimum absolute atomic E-state index is 0.677. The largest absolute Gasteiger partial charge is 0.353 e. The lowest BCUT2D eigenvalue weighted by Gasteiger charge is -2.32. The first-order valence-corrected chi connectivity index (χ1v) is 8.77. The normalized spacial score (nSPS) is 20.3. The molecule has 0 bridgehead atoms. The summed E-state index contributed by atoms with van der Waals surface area (Å²) >= 11 is 3.79. The Morgan fingerprint density at radius 3 is 3.21 bits per heavy atom. The van der Waals surface area contributed by atoms with E-state index in [1.165, 1.54) is 17.9 Å². The standard InChI is InChI=1S/C13H20N4S2/c1-2-10-9-16(5-7-18-10)12-11(3-4-14)17-6-8-19-13(17)15-12/h6,8,10H,2-5,7,9,14H2,1H3. The number of anilines is 1. The first-order valence-electron chi connectivity index (χ1n) is 6.84. The number of aromatic nitrogens is 2. The van der Waals surface area contributed by atoms with Crippen molar-refractivity contribution < 1.29 is 0 Å². The number of imidazole rings is 1. The summed E-state index contributed by atoms with van der Waals surface area (Å²) in [7, 11) is 0. The Morgan fingerprint density at radius 1 is 1.53 bits per heavy atom. The van der Waals surface area contributed by atoms with E-state index in [4.69, 9.17) is 10.7 Å². The van der Waals surface area contributed by atoms with Crippen LogP contribution in [-0.4, -0.2) is 40.0 Å². The number of rotatable bonds is 4. The molecule has 1 unspecified atom stereocenters. The van der Waals surface area contributed by atoms with Crippen molar-refractivity contribution in [2.24, 2.45) is 5.73 Å². The molecule has 0 aromatic carbocycles. The van der Waals surface area contributed by atoms with Crippen LogP contribution in [0.1, 0.15) is 19.0 Å². The Bertz CT molecular complexity index is 548. The number of nitrogens with zero attached hydrogens (tertiary/aromatic N) is 3. The van der Waals surface area contributed by atoms with Crippen LogP contribution in [0.25, 0.3) is 4.96 Å². The molecule has 104 valence electrons. The second-order valence-electron chi connectivity index (χ2n) is 4.82. The smallest absolute Gasteiger partial charge is 0.195 e. The van der Waals surface area contributed by atoms with Gasteiger partial charge in [-0.15, -0.1) is 11.3 Å². The van der Waals surface area contributed by atoms with Gasteiger partial charge in [0.15, 0.2) is 10.8 Å². The first kappa shape index (κ1) is 13.3. The molecular weight excluding hydrogens is 276 g/mol. The van der Waals surface area contributed by atoms with Gasteiger partial charge in [-0.25, -0.2) is 4.98 Å². The third kappa shape index (κ3) is 2.49. The summed E-state index contributed by atoms with van der Waals surface area (Å²) in [6.07, 6.45) is 4.24. The lowest BCUT2D eigenvalue weighted by atomic mass is 10.2. The molecular formula is C13H20N4S2. The highest BCUT2D eigenvalue weighted by molar-refractivity contribution is 8.00. The van der Waals surface area contributed by atoms with Crippen molar-refractivity contribution in [3.05, 3.63) is 17.3 Å². The molecule has 1 fully saturated rings. The fourth-order valence-corrected chi connectivity index (χ4v) is 4.51. The molecule has 1 aliphatic rings. The van der Waals surface area contributed by atoms with Gasteiger partial charge in [0.2, 0.25) is 0 Å². The molecule has 2 aromatic heterocycles. The lowest BCUT2D eigenvalue weighted by molar-refractivity contribution is 0.716. The highest BCUT2D eigenvalue weighted by atomic mass is 32.2. The van der Waals surface area contributed by atoms with Crippen LogP contribution >= 0.6 is 23.1 Å². The summed E-state index contributed by atoms with van der Waals surface area (Å²) in [6, 6.07) is 0. The van der Waals surface area contributed by atoms with Crippen molar-refractivity contribution in [1.82, 2.24) is 9.38 Å². The van der Waals surface area contributed by atoms with E-state index >= 15 is 0 Å². The van der Waals surface area contributed by atoms with Gasteiger partial charge in [0.25, 0.3) is 0 Å². The average molecular weight is 296 g/mol. The van der Waals surface area contributed by atoms with Crippen LogP contribution in [0.2, 0.25) is 0 Å². The van der Waals surface area contributed by atoms with E-state index in [1.807, 2.05) is 0 Å². The number of hydrogen-bond donors (Lipinski definition) is 1. The Labute approximate surface area is 122 Å². The molecule has 0 saturated carbocycles. The van der Waals surface area contributed by atoms with E-state index in [-0.39, 0.29) is 0 Å². The third-order valence-electron chi connectivity index (χ3n) is 3.61. The van der Waals surface area contributed by atoms with E-state index in [1.54, 1.807) is 11.3 Å². The maximum absolute atomic E-state index is 5.77. The van der Waals surface area contributed by atoms with E-state index in [0.717, 1.165) is 35.5 Å². The lowest BCUT2D eigenvalue weighted by Crippen LogP contribution is -2.38. The fraction of sp³-hybridized carbons (Fsp3) is 0.615. The van der Waals surface area contributed by atoms with Crippen LogP contribution in [-0.2, 0) is 6.42 Å². The molecule has 19 heavy (non-hydrogen) atoms. The quantitative estimate of drug-likeness (QED) is 0.940. The Morgan fingerprint density at radius 2 is 2.42 bits per heavy atom. The van der Waals surface area contributed by atoms with Gasteiger partial charge in [0.05, 0.1) is 5.69 Å². The minimum Gasteiger partial charge on any atom is -0.353 e. The summed E-state index contributed by atoms with van der Waals surface area (Å²) in [5.74, 6) is 2.36. The van der Waals surface area contributed by atoms with Gasteiger partial charge in [-0.3, -0.25) is 4.40 Å². The highest BCUT2D eigenvalue weighted by Crippen LogP contribution is 2.29. The average Bonchev–Trinajstić information content (AvgIpc) is 3.02. The van der Waals surface area contributed by atoms with E-state index in [9.17, 15) is 0 Å². The Kier molecular flexibility index (Phi) is 4.00. The van der Waals surface area contributed by atoms with Crippen molar-refractivity contribution in [2.75, 3.05) is 30.3 Å². The van der Waals surface area contributed by atoms with Gasteiger partial charge in [-0.1, -0.05) is 6.92 Å². The van der Waals surface area contributed by atoms with Crippen molar-refractivity contribution in [3.63, 3.8) is 0 Å². The molecule has 6 heteroatoms. The van der Waals surface area contributed by atoms with Crippen molar-refractivity contribution in [3.8, 4) is 0 Å². The Balaban J connectivity index is 1.94. The molecule has 2 aromatic rings. The summed E-state index contributed by atoms with van der Waals surface area (Å²) in [6.45, 7) is 5.16. The molecule has 1 aliphatic heterocycles. The summed E-state index contributed by atoms with van der Waals surface area (Å²) < 4.78 is 2.20. The SMILES string of the molecule is CCC1CN(c2nc3sccn3c2CCN)CCS1. The molecule has 0 radical (unpaired) electrons. The van der Waals surface area contributed by atoms with E-state index < -0.39 is 0 Å². The summed E-state index contributed by atoms with van der Waals surface area (Å²) in [5.41, 5.74) is 7.05. The van der Waals surface area contributed by atoms with E-state index in [2.05, 4.69) is 39.6 Å². The third-order valence-corrected chi connectivity index (χ3v) is 5.74. The second kappa shape index (κ2) is 5.73. The zero-order chi connectivity index (χ0) is 13.2. The summed E-state index contributed by atoms with van der Waals surface area (Å²) in [5, 5.41) is 2.83. The fourth-order valence-electron chi connectivity index (χ4n) is 2.60. The zero-order valence-corrected chi connectivity index (χ0v) is 12.8. The predicted octanol–water partition coefficient (Wildman–Crippen LogP) is 2.23. The molecule has 2 N–H and O–H groups in total. The minimum atomic E-state index is 0.677. The molecule has 0 aliphatic carbocycles. The van der Waals surface area contributed by atoms with Crippen LogP contribution < -0.4 is 10.6 Å². The van der Waals surface area contributed by atoms with E-state index in [0.29, 0.717) is 6.54 Å². The Hall–Kier alpha value is -0.720. The molecule has 3 rings (SSSR count). The number of thiazole rings is 1. The topological polar surface area (TPSA) is 46.6 Å². The molecule has 1 atom stereocenters. The monoisotopic (exact) mass is 296 g/mol. The van der Waals surface area contributed by atoms with Crippen LogP contribution in [0.3, 0.4) is 0 Å². The number of hydrogen-bond acceptors (Lipinski definition) is 5. The van der Waals surface area contributed by atoms with Crippen LogP contribution in [0.15, 0.2) is 11.6 Å². The number of thioether (sulfide) groups is 1. The number of fused-ring (bicyclic) bond motifs is 1. The predicted molar refractivity (Wildman–Crippen MR) is 84.6 cm³/mol.